The summed E-state index contributed by atoms with van der Waals surface area (Å²) in [4.78, 5) is 13.0. The van der Waals surface area contributed by atoms with Gasteiger partial charge in [0.25, 0.3) is 5.69 Å². The molecule has 1 fully saturated rings. The molecule has 1 N–H and O–H groups in total. The van der Waals surface area contributed by atoms with Gasteiger partial charge < -0.3 is 15.0 Å². The quantitative estimate of drug-likeness (QED) is 0.645. The van der Waals surface area contributed by atoms with E-state index < -0.39 is 0 Å². The van der Waals surface area contributed by atoms with Gasteiger partial charge in [0.1, 0.15) is 5.69 Å². The first-order chi connectivity index (χ1) is 11.1. The molecule has 2 aromatic rings. The maximum absolute atomic E-state index is 11.2. The number of hydrogen-bond acceptors (Lipinski definition) is 5. The Balaban J connectivity index is 1.86. The minimum atomic E-state index is -0.388. The average molecular weight is 378 g/mol. The van der Waals surface area contributed by atoms with Crippen molar-refractivity contribution >= 4 is 38.7 Å². The molecule has 1 heterocycles. The molecule has 2 aromatic carbocycles. The normalized spacial score (nSPS) is 14.6. The highest BCUT2D eigenvalue weighted by Crippen LogP contribution is 2.31. The molecule has 0 saturated carbocycles. The van der Waals surface area contributed by atoms with Crippen molar-refractivity contribution in [1.29, 1.82) is 0 Å². The molecule has 0 unspecified atom stereocenters. The Hall–Kier alpha value is -2.12. The number of nitrogens with zero attached hydrogens (tertiary/aromatic N) is 2. The maximum Gasteiger partial charge on any atom is 0.292 e. The van der Waals surface area contributed by atoms with Crippen LogP contribution in [0.5, 0.6) is 0 Å². The van der Waals surface area contributed by atoms with Gasteiger partial charge in [-0.25, -0.2) is 0 Å². The molecule has 0 aromatic heterocycles. The highest BCUT2D eigenvalue weighted by Gasteiger charge is 2.15. The van der Waals surface area contributed by atoms with Crippen LogP contribution < -0.4 is 10.2 Å². The Morgan fingerprint density at radius 1 is 1.17 bits per heavy atom. The van der Waals surface area contributed by atoms with E-state index in [9.17, 15) is 10.1 Å². The number of benzene rings is 2. The molecule has 120 valence electrons. The summed E-state index contributed by atoms with van der Waals surface area (Å²) in [7, 11) is 0. The van der Waals surface area contributed by atoms with Crippen LogP contribution in [-0.2, 0) is 4.74 Å². The topological polar surface area (TPSA) is 67.6 Å². The molecule has 7 heteroatoms. The summed E-state index contributed by atoms with van der Waals surface area (Å²) in [6.07, 6.45) is 0. The lowest BCUT2D eigenvalue weighted by Gasteiger charge is -2.29. The predicted octanol–water partition coefficient (Wildman–Crippen LogP) is 3.94. The molecule has 23 heavy (non-hydrogen) atoms. The second-order valence-corrected chi connectivity index (χ2v) is 6.11. The maximum atomic E-state index is 11.2. The van der Waals surface area contributed by atoms with Gasteiger partial charge in [0.15, 0.2) is 0 Å². The molecular weight excluding hydrogens is 362 g/mol. The highest BCUT2D eigenvalue weighted by molar-refractivity contribution is 9.10. The lowest BCUT2D eigenvalue weighted by atomic mass is 10.2. The lowest BCUT2D eigenvalue weighted by molar-refractivity contribution is -0.383. The van der Waals surface area contributed by atoms with Gasteiger partial charge in [-0.15, -0.1) is 0 Å². The minimum absolute atomic E-state index is 0.0463. The van der Waals surface area contributed by atoms with E-state index in [4.69, 9.17) is 4.74 Å². The molecule has 0 bridgehead atoms. The van der Waals surface area contributed by atoms with Gasteiger partial charge in [0.2, 0.25) is 0 Å². The van der Waals surface area contributed by atoms with Crippen LogP contribution in [0.25, 0.3) is 0 Å². The number of nitro benzene ring substituents is 1. The second-order valence-electron chi connectivity index (χ2n) is 5.19. The molecule has 0 aliphatic carbocycles. The first-order valence-corrected chi connectivity index (χ1v) is 8.06. The summed E-state index contributed by atoms with van der Waals surface area (Å²) >= 11 is 3.35. The Bertz CT molecular complexity index is 717. The summed E-state index contributed by atoms with van der Waals surface area (Å²) in [5.74, 6) is 0. The average Bonchev–Trinajstić information content (AvgIpc) is 2.56. The third kappa shape index (κ3) is 3.80. The highest BCUT2D eigenvalue weighted by atomic mass is 79.9. The molecule has 0 radical (unpaired) electrons. The Morgan fingerprint density at radius 3 is 2.70 bits per heavy atom. The van der Waals surface area contributed by atoms with Gasteiger partial charge in [0, 0.05) is 35.0 Å². The van der Waals surface area contributed by atoms with E-state index in [0.717, 1.165) is 42.2 Å². The Labute approximate surface area is 142 Å². The monoisotopic (exact) mass is 377 g/mol. The zero-order valence-corrected chi connectivity index (χ0v) is 14.0. The molecule has 1 saturated heterocycles. The van der Waals surface area contributed by atoms with Crippen LogP contribution in [0.15, 0.2) is 46.9 Å². The van der Waals surface area contributed by atoms with E-state index in [1.807, 2.05) is 24.3 Å². The predicted molar refractivity (Wildman–Crippen MR) is 93.6 cm³/mol. The van der Waals surface area contributed by atoms with Crippen molar-refractivity contribution in [2.45, 2.75) is 0 Å². The van der Waals surface area contributed by atoms with E-state index in [-0.39, 0.29) is 10.6 Å². The molecule has 0 spiro atoms. The van der Waals surface area contributed by atoms with E-state index >= 15 is 0 Å². The summed E-state index contributed by atoms with van der Waals surface area (Å²) in [6, 6.07) is 12.7. The first kappa shape index (κ1) is 15.8. The molecule has 3 rings (SSSR count). The summed E-state index contributed by atoms with van der Waals surface area (Å²) < 4.78 is 6.15. The van der Waals surface area contributed by atoms with Crippen LogP contribution in [0, 0.1) is 10.1 Å². The zero-order chi connectivity index (χ0) is 16.2. The zero-order valence-electron chi connectivity index (χ0n) is 12.4. The molecule has 1 aliphatic heterocycles. The van der Waals surface area contributed by atoms with Crippen molar-refractivity contribution in [1.82, 2.24) is 0 Å². The number of rotatable bonds is 4. The van der Waals surface area contributed by atoms with Crippen molar-refractivity contribution in [2.24, 2.45) is 0 Å². The van der Waals surface area contributed by atoms with Crippen molar-refractivity contribution in [2.75, 3.05) is 36.5 Å². The van der Waals surface area contributed by atoms with E-state index in [1.54, 1.807) is 12.1 Å². The lowest BCUT2D eigenvalue weighted by Crippen LogP contribution is -2.36. The van der Waals surface area contributed by atoms with E-state index in [1.165, 1.54) is 6.07 Å². The minimum Gasteiger partial charge on any atom is -0.378 e. The van der Waals surface area contributed by atoms with Crippen molar-refractivity contribution < 1.29 is 9.66 Å². The Kier molecular flexibility index (Phi) is 4.78. The third-order valence-corrected chi connectivity index (χ3v) is 4.15. The van der Waals surface area contributed by atoms with Crippen LogP contribution in [-0.4, -0.2) is 31.2 Å². The molecule has 0 atom stereocenters. The molecule has 0 amide bonds. The Morgan fingerprint density at radius 2 is 1.96 bits per heavy atom. The van der Waals surface area contributed by atoms with Gasteiger partial charge >= 0.3 is 0 Å². The van der Waals surface area contributed by atoms with Crippen molar-refractivity contribution in [3.8, 4) is 0 Å². The standard InChI is InChI=1S/C16H16BrN3O3/c17-12-4-5-16(20(21)22)15(10-12)18-13-2-1-3-14(11-13)19-6-8-23-9-7-19/h1-5,10-11,18H,6-9H2. The SMILES string of the molecule is O=[N+]([O-])c1ccc(Br)cc1Nc1cccc(N2CCOCC2)c1. The number of halogens is 1. The molecular formula is C16H16BrN3O3. The fourth-order valence-corrected chi connectivity index (χ4v) is 2.89. The first-order valence-electron chi connectivity index (χ1n) is 7.27. The van der Waals surface area contributed by atoms with Crippen LogP contribution >= 0.6 is 15.9 Å². The van der Waals surface area contributed by atoms with Crippen LogP contribution in [0.4, 0.5) is 22.7 Å². The largest absolute Gasteiger partial charge is 0.378 e. The number of anilines is 3. The number of ether oxygens (including phenoxy) is 1. The third-order valence-electron chi connectivity index (χ3n) is 3.66. The number of nitrogens with one attached hydrogen (secondary N) is 1. The smallest absolute Gasteiger partial charge is 0.292 e. The molecule has 6 nitrogen and oxygen atoms in total. The van der Waals surface area contributed by atoms with Crippen LogP contribution in [0.2, 0.25) is 0 Å². The van der Waals surface area contributed by atoms with Crippen molar-refractivity contribution in [3.05, 3.63) is 57.1 Å². The van der Waals surface area contributed by atoms with E-state index in [0.29, 0.717) is 5.69 Å². The second kappa shape index (κ2) is 6.97. The van der Waals surface area contributed by atoms with Crippen LogP contribution in [0.3, 0.4) is 0 Å². The fraction of sp³-hybridized carbons (Fsp3) is 0.250. The fourth-order valence-electron chi connectivity index (χ4n) is 2.53. The van der Waals surface area contributed by atoms with Crippen LogP contribution in [0.1, 0.15) is 0 Å². The van der Waals surface area contributed by atoms with Gasteiger partial charge in [-0.1, -0.05) is 22.0 Å². The van der Waals surface area contributed by atoms with Crippen molar-refractivity contribution in [3.63, 3.8) is 0 Å². The van der Waals surface area contributed by atoms with Gasteiger partial charge in [-0.2, -0.15) is 0 Å². The van der Waals surface area contributed by atoms with Gasteiger partial charge in [-0.3, -0.25) is 10.1 Å². The summed E-state index contributed by atoms with van der Waals surface area (Å²) in [6.45, 7) is 3.13. The van der Waals surface area contributed by atoms with Gasteiger partial charge in [0.05, 0.1) is 18.1 Å². The number of hydrogen-bond donors (Lipinski definition) is 1. The number of morpholine rings is 1. The van der Waals surface area contributed by atoms with E-state index in [2.05, 4.69) is 26.1 Å². The summed E-state index contributed by atoms with van der Waals surface area (Å²) in [5, 5.41) is 14.3. The summed E-state index contributed by atoms with van der Waals surface area (Å²) in [5.41, 5.74) is 2.40. The molecule has 1 aliphatic rings. The number of nitro groups is 1. The van der Waals surface area contributed by atoms with Gasteiger partial charge in [-0.05, 0) is 30.3 Å².